The summed E-state index contributed by atoms with van der Waals surface area (Å²) in [5.41, 5.74) is 3.68. The van der Waals surface area contributed by atoms with Crippen molar-refractivity contribution < 1.29 is 0 Å². The minimum absolute atomic E-state index is 0.652. The summed E-state index contributed by atoms with van der Waals surface area (Å²) in [5.74, 6) is 0.750. The largest absolute Gasteiger partial charge is 0.369 e. The number of halogens is 1. The Bertz CT molecular complexity index is 1260. The second kappa shape index (κ2) is 7.65. The molecule has 29 heavy (non-hydrogen) atoms. The number of fused-ring (bicyclic) bond motifs is 1. The molecule has 0 atom stereocenters. The van der Waals surface area contributed by atoms with E-state index >= 15 is 0 Å². The Morgan fingerprint density at radius 3 is 2.97 bits per heavy atom. The Hall–Kier alpha value is -3.23. The molecule has 0 spiro atoms. The summed E-state index contributed by atoms with van der Waals surface area (Å²) in [7, 11) is 0. The smallest absolute Gasteiger partial charge is 0.168 e. The first-order chi connectivity index (χ1) is 14.3. The van der Waals surface area contributed by atoms with E-state index in [4.69, 9.17) is 11.6 Å². The van der Waals surface area contributed by atoms with Gasteiger partial charge in [0.05, 0.1) is 28.5 Å². The Morgan fingerprint density at radius 1 is 1.14 bits per heavy atom. The van der Waals surface area contributed by atoms with Crippen molar-refractivity contribution in [2.24, 2.45) is 0 Å². The third-order valence-corrected chi connectivity index (χ3v) is 5.67. The number of benzene rings is 1. The zero-order valence-electron chi connectivity index (χ0n) is 15.2. The summed E-state index contributed by atoms with van der Waals surface area (Å²) in [6.45, 7) is 0.703. The maximum absolute atomic E-state index is 6.12. The Balaban J connectivity index is 1.36. The molecule has 0 aliphatic rings. The van der Waals surface area contributed by atoms with Gasteiger partial charge in [-0.15, -0.1) is 11.3 Å². The fraction of sp³-hybridized carbons (Fsp3) is 0.100. The molecule has 4 aromatic heterocycles. The van der Waals surface area contributed by atoms with Gasteiger partial charge in [0, 0.05) is 23.7 Å². The molecule has 0 radical (unpaired) electrons. The predicted octanol–water partition coefficient (Wildman–Crippen LogP) is 4.58. The molecule has 5 aromatic rings. The van der Waals surface area contributed by atoms with E-state index in [0.29, 0.717) is 11.6 Å². The molecule has 4 heterocycles. The lowest BCUT2D eigenvalue weighted by atomic mass is 10.2. The van der Waals surface area contributed by atoms with Gasteiger partial charge in [-0.2, -0.15) is 5.10 Å². The summed E-state index contributed by atoms with van der Waals surface area (Å²) in [4.78, 5) is 17.7. The highest BCUT2D eigenvalue weighted by Gasteiger charge is 2.12. The number of anilines is 1. The maximum atomic E-state index is 6.12. The van der Waals surface area contributed by atoms with Gasteiger partial charge in [-0.05, 0) is 29.6 Å². The van der Waals surface area contributed by atoms with Gasteiger partial charge in [0.2, 0.25) is 0 Å². The number of nitrogens with one attached hydrogen (secondary N) is 2. The third-order valence-electron chi connectivity index (χ3n) is 4.56. The van der Waals surface area contributed by atoms with Crippen molar-refractivity contribution in [3.05, 3.63) is 71.3 Å². The average molecular weight is 422 g/mol. The third kappa shape index (κ3) is 3.48. The monoisotopic (exact) mass is 421 g/mol. The van der Waals surface area contributed by atoms with E-state index in [1.165, 1.54) is 0 Å². The van der Waals surface area contributed by atoms with Crippen LogP contribution in [-0.4, -0.2) is 36.3 Å². The Labute approximate surface area is 175 Å². The van der Waals surface area contributed by atoms with Gasteiger partial charge in [-0.25, -0.2) is 19.6 Å². The molecule has 0 unspecified atom stereocenters. The van der Waals surface area contributed by atoms with Crippen LogP contribution in [-0.2, 0) is 6.42 Å². The number of aromatic amines is 1. The first-order valence-corrected chi connectivity index (χ1v) is 10.3. The number of nitrogens with zero attached hydrogens (tertiary/aromatic N) is 5. The molecule has 7 nitrogen and oxygen atoms in total. The Morgan fingerprint density at radius 2 is 2.10 bits per heavy atom. The van der Waals surface area contributed by atoms with E-state index in [0.717, 1.165) is 45.2 Å². The number of rotatable bonds is 6. The lowest BCUT2D eigenvalue weighted by molar-refractivity contribution is 0.895. The molecule has 0 amide bonds. The maximum Gasteiger partial charge on any atom is 0.168 e. The van der Waals surface area contributed by atoms with Crippen LogP contribution in [0.2, 0.25) is 5.02 Å². The topological polar surface area (TPSA) is 84.3 Å². The molecule has 0 saturated carbocycles. The van der Waals surface area contributed by atoms with Crippen LogP contribution in [0.25, 0.3) is 27.3 Å². The van der Waals surface area contributed by atoms with E-state index in [1.807, 2.05) is 30.3 Å². The molecule has 1 aromatic carbocycles. The second-order valence-corrected chi connectivity index (χ2v) is 7.76. The highest BCUT2D eigenvalue weighted by atomic mass is 35.5. The van der Waals surface area contributed by atoms with Crippen LogP contribution in [0.1, 0.15) is 5.69 Å². The predicted molar refractivity (Wildman–Crippen MR) is 116 cm³/mol. The summed E-state index contributed by atoms with van der Waals surface area (Å²) in [6, 6.07) is 11.6. The first kappa shape index (κ1) is 17.8. The van der Waals surface area contributed by atoms with Gasteiger partial charge in [-0.1, -0.05) is 23.7 Å². The second-order valence-electron chi connectivity index (χ2n) is 6.38. The fourth-order valence-electron chi connectivity index (χ4n) is 3.22. The molecule has 144 valence electrons. The van der Waals surface area contributed by atoms with E-state index < -0.39 is 0 Å². The van der Waals surface area contributed by atoms with E-state index in [9.17, 15) is 0 Å². The van der Waals surface area contributed by atoms with Crippen molar-refractivity contribution in [3.63, 3.8) is 0 Å². The molecule has 0 aliphatic heterocycles. The van der Waals surface area contributed by atoms with Crippen LogP contribution in [0.15, 0.2) is 60.6 Å². The standard InChI is InChI=1S/C20H16ClN7S/c21-13-3-1-4-14(9-13)28-20-15(10-27-28)19(25-12-26-20)22-7-6-16-18(24-11-23-16)17-5-2-8-29-17/h1-5,8-12H,6-7H2,(H,23,24)(H,22,25,26). The first-order valence-electron chi connectivity index (χ1n) is 9.04. The summed E-state index contributed by atoms with van der Waals surface area (Å²) in [5, 5.41) is 11.4. The fourth-order valence-corrected chi connectivity index (χ4v) is 4.16. The molecule has 9 heteroatoms. The van der Waals surface area contributed by atoms with Gasteiger partial charge in [0.1, 0.15) is 17.8 Å². The number of hydrogen-bond donors (Lipinski definition) is 2. The van der Waals surface area contributed by atoms with Crippen LogP contribution < -0.4 is 5.32 Å². The molecule has 5 rings (SSSR count). The zero-order chi connectivity index (χ0) is 19.6. The quantitative estimate of drug-likeness (QED) is 0.419. The highest BCUT2D eigenvalue weighted by Crippen LogP contribution is 2.26. The molecule has 0 aliphatic carbocycles. The van der Waals surface area contributed by atoms with E-state index in [-0.39, 0.29) is 0 Å². The number of imidazole rings is 1. The lowest BCUT2D eigenvalue weighted by Gasteiger charge is -2.07. The van der Waals surface area contributed by atoms with E-state index in [1.54, 1.807) is 34.9 Å². The molecule has 2 N–H and O–H groups in total. The van der Waals surface area contributed by atoms with Gasteiger partial charge in [-0.3, -0.25) is 0 Å². The minimum Gasteiger partial charge on any atom is -0.369 e. The van der Waals surface area contributed by atoms with Crippen LogP contribution >= 0.6 is 22.9 Å². The minimum atomic E-state index is 0.652. The summed E-state index contributed by atoms with van der Waals surface area (Å²) in [6.07, 6.45) is 5.84. The molecule has 0 bridgehead atoms. The number of thiophene rings is 1. The van der Waals surface area contributed by atoms with Gasteiger partial charge < -0.3 is 10.3 Å². The van der Waals surface area contributed by atoms with Crippen molar-refractivity contribution in [3.8, 4) is 16.3 Å². The number of H-pyrrole nitrogens is 1. The lowest BCUT2D eigenvalue weighted by Crippen LogP contribution is -2.08. The van der Waals surface area contributed by atoms with Gasteiger partial charge >= 0.3 is 0 Å². The number of aromatic nitrogens is 6. The molecule has 0 fully saturated rings. The average Bonchev–Trinajstić information content (AvgIpc) is 3.48. The van der Waals surface area contributed by atoms with Crippen molar-refractivity contribution in [2.75, 3.05) is 11.9 Å². The molecule has 0 saturated heterocycles. The highest BCUT2D eigenvalue weighted by molar-refractivity contribution is 7.13. The van der Waals surface area contributed by atoms with Crippen LogP contribution in [0, 0.1) is 0 Å². The van der Waals surface area contributed by atoms with Crippen molar-refractivity contribution >= 4 is 39.8 Å². The zero-order valence-corrected chi connectivity index (χ0v) is 16.8. The summed E-state index contributed by atoms with van der Waals surface area (Å²) < 4.78 is 1.76. The molecular weight excluding hydrogens is 406 g/mol. The van der Waals surface area contributed by atoms with E-state index in [2.05, 4.69) is 41.8 Å². The SMILES string of the molecule is Clc1cccc(-n2ncc3c(NCCc4[nH]cnc4-c4cccs4)ncnc32)c1. The van der Waals surface area contributed by atoms with Crippen molar-refractivity contribution in [2.45, 2.75) is 6.42 Å². The Kier molecular flexibility index (Phi) is 4.71. The number of hydrogen-bond acceptors (Lipinski definition) is 6. The van der Waals surface area contributed by atoms with Gasteiger partial charge in [0.25, 0.3) is 0 Å². The van der Waals surface area contributed by atoms with Crippen LogP contribution in [0.5, 0.6) is 0 Å². The van der Waals surface area contributed by atoms with Crippen LogP contribution in [0.3, 0.4) is 0 Å². The van der Waals surface area contributed by atoms with Crippen LogP contribution in [0.4, 0.5) is 5.82 Å². The summed E-state index contributed by atoms with van der Waals surface area (Å²) >= 11 is 7.80. The molecular formula is C20H16ClN7S. The normalized spacial score (nSPS) is 11.2. The van der Waals surface area contributed by atoms with Crippen molar-refractivity contribution in [1.29, 1.82) is 0 Å². The van der Waals surface area contributed by atoms with Crippen molar-refractivity contribution in [1.82, 2.24) is 29.7 Å². The van der Waals surface area contributed by atoms with Gasteiger partial charge in [0.15, 0.2) is 5.65 Å².